The molecule has 142 valence electrons. The number of hydrogen-bond acceptors (Lipinski definition) is 6. The molecule has 0 unspecified atom stereocenters. The molecule has 6 nitrogen and oxygen atoms in total. The number of nitrogens with zero attached hydrogens (tertiary/aromatic N) is 2. The van der Waals surface area contributed by atoms with E-state index in [2.05, 4.69) is 11.9 Å². The van der Waals surface area contributed by atoms with Crippen molar-refractivity contribution in [2.75, 3.05) is 0 Å². The van der Waals surface area contributed by atoms with Crippen molar-refractivity contribution in [3.8, 4) is 6.07 Å². The fourth-order valence-corrected chi connectivity index (χ4v) is 4.54. The first-order valence-electron chi connectivity index (χ1n) is 8.36. The maximum absolute atomic E-state index is 12.8. The second-order valence-corrected chi connectivity index (χ2v) is 7.82. The van der Waals surface area contributed by atoms with Crippen molar-refractivity contribution in [3.63, 3.8) is 0 Å². The van der Waals surface area contributed by atoms with Crippen LogP contribution in [0.3, 0.4) is 0 Å². The number of carbonyl (C=O) groups excluding carboxylic acids is 1. The molecule has 28 heavy (non-hydrogen) atoms. The van der Waals surface area contributed by atoms with Crippen LogP contribution >= 0.6 is 22.7 Å². The van der Waals surface area contributed by atoms with Crippen molar-refractivity contribution >= 4 is 40.2 Å². The standard InChI is InChI=1S/C20H17N3O3S2/c1-3-7-23-19(25)17(10-16-13(2)6-9-27-16)28-20(23)15(11-21)18(24)22-12-14-5-4-8-26-14/h3-6,8-10H,1,7,12H2,2H3,(H,22,24). The topological polar surface area (TPSA) is 88.0 Å². The molecule has 0 bridgehead atoms. The minimum atomic E-state index is -0.559. The van der Waals surface area contributed by atoms with Crippen LogP contribution < -0.4 is 20.1 Å². The number of nitriles is 1. The molecule has 3 aromatic heterocycles. The normalized spacial score (nSPS) is 12.5. The first-order valence-corrected chi connectivity index (χ1v) is 10.1. The highest BCUT2D eigenvalue weighted by molar-refractivity contribution is 7.11. The largest absolute Gasteiger partial charge is 0.467 e. The van der Waals surface area contributed by atoms with E-state index < -0.39 is 5.91 Å². The van der Waals surface area contributed by atoms with Gasteiger partial charge in [-0.25, -0.2) is 0 Å². The Hall–Kier alpha value is -3.15. The summed E-state index contributed by atoms with van der Waals surface area (Å²) in [5, 5.41) is 14.2. The summed E-state index contributed by atoms with van der Waals surface area (Å²) in [5.74, 6) is 0.0133. The van der Waals surface area contributed by atoms with Crippen molar-refractivity contribution in [1.29, 1.82) is 5.26 Å². The zero-order valence-corrected chi connectivity index (χ0v) is 16.7. The lowest BCUT2D eigenvalue weighted by molar-refractivity contribution is -0.115. The molecule has 0 saturated carbocycles. The molecule has 0 aliphatic rings. The van der Waals surface area contributed by atoms with Gasteiger partial charge in [0.05, 0.1) is 17.3 Å². The molecule has 1 N–H and O–H groups in total. The lowest BCUT2D eigenvalue weighted by Gasteiger charge is -2.02. The van der Waals surface area contributed by atoms with E-state index >= 15 is 0 Å². The molecule has 0 aromatic carbocycles. The number of aromatic nitrogens is 1. The summed E-state index contributed by atoms with van der Waals surface area (Å²) < 4.78 is 7.36. The third-order valence-corrected chi connectivity index (χ3v) is 6.04. The third kappa shape index (κ3) is 4.06. The van der Waals surface area contributed by atoms with Crippen LogP contribution in [0.5, 0.6) is 0 Å². The third-order valence-electron chi connectivity index (χ3n) is 3.94. The monoisotopic (exact) mass is 411 g/mol. The van der Waals surface area contributed by atoms with Gasteiger partial charge in [-0.15, -0.1) is 29.3 Å². The van der Waals surface area contributed by atoms with Crippen molar-refractivity contribution < 1.29 is 9.21 Å². The molecule has 3 rings (SSSR count). The molecule has 0 atom stereocenters. The minimum absolute atomic E-state index is 0.113. The number of furan rings is 1. The molecule has 0 aliphatic carbocycles. The van der Waals surface area contributed by atoms with E-state index in [9.17, 15) is 14.9 Å². The van der Waals surface area contributed by atoms with Crippen LogP contribution in [0.1, 0.15) is 16.2 Å². The highest BCUT2D eigenvalue weighted by atomic mass is 32.1. The summed E-state index contributed by atoms with van der Waals surface area (Å²) in [6, 6.07) is 7.35. The average Bonchev–Trinajstić information content (AvgIpc) is 3.40. The molecule has 8 heteroatoms. The van der Waals surface area contributed by atoms with Gasteiger partial charge in [0, 0.05) is 11.4 Å². The van der Waals surface area contributed by atoms with Crippen molar-refractivity contribution in [2.45, 2.75) is 20.0 Å². The Labute approximate surface area is 169 Å². The van der Waals surface area contributed by atoms with E-state index in [0.29, 0.717) is 15.0 Å². The number of thiophene rings is 1. The first-order chi connectivity index (χ1) is 13.5. The van der Waals surface area contributed by atoms with Crippen LogP contribution in [0.4, 0.5) is 0 Å². The molecule has 3 aromatic rings. The SMILES string of the molecule is C=CCn1c(=C(C#N)C(=O)NCc2ccco2)sc(=Cc2sccc2C)c1=O. The lowest BCUT2D eigenvalue weighted by atomic mass is 10.3. The number of nitrogens with one attached hydrogen (secondary N) is 1. The molecule has 0 saturated heterocycles. The summed E-state index contributed by atoms with van der Waals surface area (Å²) in [5.41, 5.74) is 0.702. The van der Waals surface area contributed by atoms with Gasteiger partial charge in [-0.1, -0.05) is 6.08 Å². The molecule has 0 radical (unpaired) electrons. The molecule has 0 fully saturated rings. The fourth-order valence-electron chi connectivity index (χ4n) is 2.52. The van der Waals surface area contributed by atoms with Crippen molar-refractivity contribution in [3.05, 3.63) is 78.2 Å². The van der Waals surface area contributed by atoms with Crippen molar-refractivity contribution in [1.82, 2.24) is 9.88 Å². The highest BCUT2D eigenvalue weighted by Crippen LogP contribution is 2.15. The predicted molar refractivity (Wildman–Crippen MR) is 110 cm³/mol. The Kier molecular flexibility index (Phi) is 6.09. The van der Waals surface area contributed by atoms with Gasteiger partial charge < -0.3 is 9.73 Å². The fraction of sp³-hybridized carbons (Fsp3) is 0.150. The predicted octanol–water partition coefficient (Wildman–Crippen LogP) is 1.88. The van der Waals surface area contributed by atoms with Crippen LogP contribution in [-0.4, -0.2) is 10.5 Å². The summed E-state index contributed by atoms with van der Waals surface area (Å²) in [7, 11) is 0. The Balaban J connectivity index is 2.10. The van der Waals surface area contributed by atoms with Gasteiger partial charge in [0.15, 0.2) is 5.57 Å². The Morgan fingerprint density at radius 3 is 2.89 bits per heavy atom. The van der Waals surface area contributed by atoms with Crippen LogP contribution in [0.2, 0.25) is 0 Å². The van der Waals surface area contributed by atoms with E-state index in [1.54, 1.807) is 24.3 Å². The summed E-state index contributed by atoms with van der Waals surface area (Å²) in [6.07, 6.45) is 4.87. The van der Waals surface area contributed by atoms with Crippen LogP contribution in [0, 0.1) is 18.3 Å². The second kappa shape index (κ2) is 8.69. The molecule has 1 amide bonds. The Bertz CT molecular complexity index is 1220. The van der Waals surface area contributed by atoms with Gasteiger partial charge in [0.25, 0.3) is 11.5 Å². The zero-order valence-electron chi connectivity index (χ0n) is 15.1. The maximum Gasteiger partial charge on any atom is 0.269 e. The number of thiazole rings is 1. The number of hydrogen-bond donors (Lipinski definition) is 1. The first kappa shape index (κ1) is 19.6. The average molecular weight is 412 g/mol. The summed E-state index contributed by atoms with van der Waals surface area (Å²) in [4.78, 5) is 26.4. The summed E-state index contributed by atoms with van der Waals surface area (Å²) in [6.45, 7) is 6.00. The van der Waals surface area contributed by atoms with Crippen LogP contribution in [0.15, 0.2) is 51.7 Å². The number of carbonyl (C=O) groups is 1. The van der Waals surface area contributed by atoms with Gasteiger partial charge in [-0.05, 0) is 42.1 Å². The maximum atomic E-state index is 12.8. The van der Waals surface area contributed by atoms with E-state index in [4.69, 9.17) is 4.42 Å². The quantitative estimate of drug-likeness (QED) is 0.628. The van der Waals surface area contributed by atoms with Crippen LogP contribution in [0.25, 0.3) is 11.6 Å². The molecular formula is C20H17N3O3S2. The van der Waals surface area contributed by atoms with Crippen LogP contribution in [-0.2, 0) is 17.9 Å². The van der Waals surface area contributed by atoms with E-state index in [0.717, 1.165) is 21.8 Å². The molecule has 3 heterocycles. The number of aryl methyl sites for hydroxylation is 1. The summed E-state index contributed by atoms with van der Waals surface area (Å²) >= 11 is 2.66. The van der Waals surface area contributed by atoms with E-state index in [-0.39, 0.29) is 24.2 Å². The molecule has 0 spiro atoms. The second-order valence-electron chi connectivity index (χ2n) is 5.84. The number of amides is 1. The van der Waals surface area contributed by atoms with Crippen molar-refractivity contribution in [2.24, 2.45) is 0 Å². The lowest BCUT2D eigenvalue weighted by Crippen LogP contribution is -2.34. The van der Waals surface area contributed by atoms with E-state index in [1.807, 2.05) is 24.4 Å². The number of allylic oxidation sites excluding steroid dienone is 1. The van der Waals surface area contributed by atoms with Gasteiger partial charge in [0.2, 0.25) is 0 Å². The van der Waals surface area contributed by atoms with Gasteiger partial charge in [0.1, 0.15) is 16.5 Å². The highest BCUT2D eigenvalue weighted by Gasteiger charge is 2.16. The Morgan fingerprint density at radius 2 is 2.29 bits per heavy atom. The minimum Gasteiger partial charge on any atom is -0.467 e. The number of rotatable bonds is 6. The smallest absolute Gasteiger partial charge is 0.269 e. The van der Waals surface area contributed by atoms with Gasteiger partial charge in [-0.3, -0.25) is 14.2 Å². The van der Waals surface area contributed by atoms with Gasteiger partial charge in [-0.2, -0.15) is 5.26 Å². The van der Waals surface area contributed by atoms with Gasteiger partial charge >= 0.3 is 0 Å². The molecule has 0 aliphatic heterocycles. The van der Waals surface area contributed by atoms with E-state index in [1.165, 1.54) is 22.2 Å². The zero-order chi connectivity index (χ0) is 20.1. The molecular weight excluding hydrogens is 394 g/mol. The Morgan fingerprint density at radius 1 is 1.46 bits per heavy atom.